The lowest BCUT2D eigenvalue weighted by atomic mass is 10.1. The maximum absolute atomic E-state index is 9.59. The van der Waals surface area contributed by atoms with Crippen LogP contribution in [0, 0.1) is 6.92 Å². The number of aryl methyl sites for hydroxylation is 1. The minimum Gasteiger partial charge on any atom is -0.489 e. The van der Waals surface area contributed by atoms with Gasteiger partial charge in [-0.15, -0.1) is 0 Å². The second-order valence-electron chi connectivity index (χ2n) is 3.96. The summed E-state index contributed by atoms with van der Waals surface area (Å²) in [6.07, 6.45) is -0.509. The predicted octanol–water partition coefficient (Wildman–Crippen LogP) is 3.00. The summed E-state index contributed by atoms with van der Waals surface area (Å²) < 4.78 is 5.56. The Balaban J connectivity index is 2.90. The van der Waals surface area contributed by atoms with Crippen LogP contribution in [0.2, 0.25) is 0 Å². The van der Waals surface area contributed by atoms with Crippen LogP contribution in [0.25, 0.3) is 0 Å². The molecule has 0 heterocycles. The van der Waals surface area contributed by atoms with Crippen LogP contribution >= 0.6 is 0 Å². The average molecular weight is 206 g/mol. The molecule has 0 aliphatic rings. The van der Waals surface area contributed by atoms with Gasteiger partial charge in [-0.05, 0) is 38.5 Å². The lowest BCUT2D eigenvalue weighted by Crippen LogP contribution is -2.03. The van der Waals surface area contributed by atoms with Gasteiger partial charge < -0.3 is 9.84 Å². The number of benzene rings is 1. The summed E-state index contributed by atoms with van der Waals surface area (Å²) in [5, 5.41) is 9.59. The molecule has 0 unspecified atom stereocenters. The summed E-state index contributed by atoms with van der Waals surface area (Å²) in [4.78, 5) is 0. The minimum absolute atomic E-state index is 0.489. The summed E-state index contributed by atoms with van der Waals surface area (Å²) >= 11 is 0. The van der Waals surface area contributed by atoms with Crippen LogP contribution in [0.4, 0.5) is 0 Å². The molecule has 0 saturated heterocycles. The molecule has 1 N–H and O–H groups in total. The van der Waals surface area contributed by atoms with Gasteiger partial charge in [0.2, 0.25) is 0 Å². The van der Waals surface area contributed by atoms with Crippen molar-refractivity contribution in [1.82, 2.24) is 0 Å². The highest BCUT2D eigenvalue weighted by molar-refractivity contribution is 5.38. The van der Waals surface area contributed by atoms with Crippen molar-refractivity contribution < 1.29 is 9.84 Å². The first-order chi connectivity index (χ1) is 7.00. The van der Waals surface area contributed by atoms with Gasteiger partial charge in [0.25, 0.3) is 0 Å². The molecule has 1 rings (SSSR count). The normalized spacial score (nSPS) is 12.3. The maximum Gasteiger partial charge on any atom is 0.125 e. The highest BCUT2D eigenvalue weighted by Gasteiger charge is 2.09. The van der Waals surface area contributed by atoms with Gasteiger partial charge in [-0.25, -0.2) is 0 Å². The fourth-order valence-electron chi connectivity index (χ4n) is 1.33. The molecular formula is C13H18O2. The van der Waals surface area contributed by atoms with Crippen LogP contribution < -0.4 is 4.74 Å². The largest absolute Gasteiger partial charge is 0.489 e. The van der Waals surface area contributed by atoms with E-state index in [1.165, 1.54) is 0 Å². The average Bonchev–Trinajstić information content (AvgIpc) is 2.15. The second kappa shape index (κ2) is 4.99. The van der Waals surface area contributed by atoms with E-state index in [9.17, 15) is 5.11 Å². The number of rotatable bonds is 4. The molecule has 0 amide bonds. The highest BCUT2D eigenvalue weighted by atomic mass is 16.5. The predicted molar refractivity (Wildman–Crippen MR) is 62.1 cm³/mol. The fourth-order valence-corrected chi connectivity index (χ4v) is 1.33. The Morgan fingerprint density at radius 2 is 2.20 bits per heavy atom. The van der Waals surface area contributed by atoms with E-state index in [4.69, 9.17) is 4.74 Å². The first kappa shape index (κ1) is 11.8. The van der Waals surface area contributed by atoms with E-state index in [2.05, 4.69) is 6.58 Å². The Hall–Kier alpha value is -1.28. The maximum atomic E-state index is 9.59. The molecule has 0 fully saturated rings. The second-order valence-corrected chi connectivity index (χ2v) is 3.96. The van der Waals surface area contributed by atoms with Crippen LogP contribution in [-0.4, -0.2) is 11.7 Å². The third-order valence-electron chi connectivity index (χ3n) is 2.09. The van der Waals surface area contributed by atoms with Crippen LogP contribution in [0.5, 0.6) is 5.75 Å². The molecule has 0 spiro atoms. The number of hydrogen-bond donors (Lipinski definition) is 1. The van der Waals surface area contributed by atoms with Crippen molar-refractivity contribution in [2.75, 3.05) is 6.61 Å². The molecule has 1 aromatic rings. The molecule has 1 atom stereocenters. The summed E-state index contributed by atoms with van der Waals surface area (Å²) in [5.41, 5.74) is 2.91. The molecule has 0 aromatic heterocycles. The van der Waals surface area contributed by atoms with Gasteiger partial charge >= 0.3 is 0 Å². The smallest absolute Gasteiger partial charge is 0.125 e. The number of ether oxygens (including phenoxy) is 1. The number of aliphatic hydroxyl groups excluding tert-OH is 1. The lowest BCUT2D eigenvalue weighted by Gasteiger charge is -2.14. The summed E-state index contributed by atoms with van der Waals surface area (Å²) in [6, 6.07) is 5.80. The quantitative estimate of drug-likeness (QED) is 0.767. The molecule has 0 bridgehead atoms. The molecule has 2 heteroatoms. The van der Waals surface area contributed by atoms with Crippen LogP contribution in [-0.2, 0) is 0 Å². The molecule has 15 heavy (non-hydrogen) atoms. The van der Waals surface area contributed by atoms with E-state index < -0.39 is 6.10 Å². The molecule has 0 aliphatic carbocycles. The van der Waals surface area contributed by atoms with E-state index in [1.54, 1.807) is 6.92 Å². The van der Waals surface area contributed by atoms with Gasteiger partial charge in [0.05, 0.1) is 6.10 Å². The zero-order valence-corrected chi connectivity index (χ0v) is 9.58. The standard InChI is InChI=1S/C13H18O2/c1-9(2)8-15-13-6-5-10(3)7-12(13)11(4)14/h5-7,11,14H,1,8H2,2-4H3/t11-/m1/s1. The summed E-state index contributed by atoms with van der Waals surface area (Å²) in [7, 11) is 0. The van der Waals surface area contributed by atoms with Crippen molar-refractivity contribution >= 4 is 0 Å². The summed E-state index contributed by atoms with van der Waals surface area (Å²) in [6.45, 7) is 9.91. The minimum atomic E-state index is -0.509. The third kappa shape index (κ3) is 3.40. The van der Waals surface area contributed by atoms with Gasteiger partial charge in [-0.3, -0.25) is 0 Å². The van der Waals surface area contributed by atoms with Gasteiger partial charge in [0.15, 0.2) is 0 Å². The van der Waals surface area contributed by atoms with E-state index in [1.807, 2.05) is 32.0 Å². The van der Waals surface area contributed by atoms with E-state index in [-0.39, 0.29) is 0 Å². The fraction of sp³-hybridized carbons (Fsp3) is 0.385. The first-order valence-corrected chi connectivity index (χ1v) is 5.06. The van der Waals surface area contributed by atoms with E-state index in [0.717, 1.165) is 22.4 Å². The first-order valence-electron chi connectivity index (χ1n) is 5.06. The number of aliphatic hydroxyl groups is 1. The van der Waals surface area contributed by atoms with Gasteiger partial charge in [0, 0.05) is 5.56 Å². The van der Waals surface area contributed by atoms with Crippen molar-refractivity contribution in [1.29, 1.82) is 0 Å². The molecule has 82 valence electrons. The van der Waals surface area contributed by atoms with Crippen LogP contribution in [0.3, 0.4) is 0 Å². The van der Waals surface area contributed by atoms with Crippen LogP contribution in [0.15, 0.2) is 30.4 Å². The molecule has 0 saturated carbocycles. The van der Waals surface area contributed by atoms with E-state index >= 15 is 0 Å². The van der Waals surface area contributed by atoms with Crippen molar-refractivity contribution in [3.05, 3.63) is 41.5 Å². The zero-order valence-electron chi connectivity index (χ0n) is 9.58. The third-order valence-corrected chi connectivity index (χ3v) is 2.09. The van der Waals surface area contributed by atoms with Crippen molar-refractivity contribution in [3.8, 4) is 5.75 Å². The summed E-state index contributed by atoms with van der Waals surface area (Å²) in [5.74, 6) is 0.735. The van der Waals surface area contributed by atoms with Crippen LogP contribution in [0.1, 0.15) is 31.1 Å². The van der Waals surface area contributed by atoms with Crippen molar-refractivity contribution in [2.24, 2.45) is 0 Å². The Labute approximate surface area is 91.2 Å². The molecule has 0 aliphatic heterocycles. The Bertz CT molecular complexity index is 354. The van der Waals surface area contributed by atoms with Gasteiger partial charge in [-0.2, -0.15) is 0 Å². The Kier molecular flexibility index (Phi) is 3.92. The van der Waals surface area contributed by atoms with Crippen molar-refractivity contribution in [3.63, 3.8) is 0 Å². The molecule has 2 nitrogen and oxygen atoms in total. The van der Waals surface area contributed by atoms with Crippen molar-refractivity contribution in [2.45, 2.75) is 26.9 Å². The monoisotopic (exact) mass is 206 g/mol. The zero-order chi connectivity index (χ0) is 11.4. The number of hydrogen-bond acceptors (Lipinski definition) is 2. The molecular weight excluding hydrogens is 188 g/mol. The van der Waals surface area contributed by atoms with E-state index in [0.29, 0.717) is 6.61 Å². The molecule has 1 aromatic carbocycles. The SMILES string of the molecule is C=C(C)COc1ccc(C)cc1[C@@H](C)O. The topological polar surface area (TPSA) is 29.5 Å². The van der Waals surface area contributed by atoms with Gasteiger partial charge in [-0.1, -0.05) is 18.2 Å². The Morgan fingerprint density at radius 3 is 2.73 bits per heavy atom. The Morgan fingerprint density at radius 1 is 1.53 bits per heavy atom. The van der Waals surface area contributed by atoms with Gasteiger partial charge in [0.1, 0.15) is 12.4 Å². The lowest BCUT2D eigenvalue weighted by molar-refractivity contribution is 0.192. The highest BCUT2D eigenvalue weighted by Crippen LogP contribution is 2.26. The molecule has 0 radical (unpaired) electrons.